The van der Waals surface area contributed by atoms with E-state index in [-0.39, 0.29) is 0 Å². The minimum atomic E-state index is -0.401. The fourth-order valence-electron chi connectivity index (χ4n) is 1.90. The van der Waals surface area contributed by atoms with Crippen molar-refractivity contribution in [1.82, 2.24) is 4.98 Å². The average molecular weight is 277 g/mol. The van der Waals surface area contributed by atoms with E-state index in [1.54, 1.807) is 14.0 Å². The number of benzene rings is 1. The second-order valence-electron chi connectivity index (χ2n) is 3.77. The Balaban J connectivity index is 2.75. The predicted octanol–water partition coefficient (Wildman–Crippen LogP) is 3.14. The van der Waals surface area contributed by atoms with Crippen molar-refractivity contribution in [2.75, 3.05) is 20.0 Å². The summed E-state index contributed by atoms with van der Waals surface area (Å²) in [5.74, 6) is 0.121. The van der Waals surface area contributed by atoms with Crippen molar-refractivity contribution in [3.05, 3.63) is 29.8 Å². The van der Waals surface area contributed by atoms with Gasteiger partial charge in [0.25, 0.3) is 0 Å². The van der Waals surface area contributed by atoms with E-state index in [0.29, 0.717) is 22.9 Å². The number of nitrogens with zero attached hydrogens (tertiary/aromatic N) is 1. The molecule has 0 saturated heterocycles. The summed E-state index contributed by atoms with van der Waals surface area (Å²) in [6, 6.07) is 7.57. The third kappa shape index (κ3) is 2.51. The van der Waals surface area contributed by atoms with Crippen molar-refractivity contribution < 1.29 is 14.3 Å². The molecule has 100 valence electrons. The Bertz CT molecular complexity index is 613. The van der Waals surface area contributed by atoms with Gasteiger partial charge < -0.3 is 9.47 Å². The van der Waals surface area contributed by atoms with Gasteiger partial charge in [0.2, 0.25) is 0 Å². The maximum absolute atomic E-state index is 12.1. The molecule has 2 rings (SSSR count). The quantitative estimate of drug-likeness (QED) is 0.634. The molecule has 0 saturated carbocycles. The van der Waals surface area contributed by atoms with Crippen LogP contribution in [0.5, 0.6) is 5.75 Å². The van der Waals surface area contributed by atoms with Crippen LogP contribution in [0.15, 0.2) is 29.3 Å². The van der Waals surface area contributed by atoms with Gasteiger partial charge in [-0.25, -0.2) is 9.78 Å². The van der Waals surface area contributed by atoms with Gasteiger partial charge in [-0.2, -0.15) is 0 Å². The Morgan fingerprint density at radius 2 is 2.11 bits per heavy atom. The molecule has 0 unspecified atom stereocenters. The summed E-state index contributed by atoms with van der Waals surface area (Å²) in [7, 11) is 1.55. The van der Waals surface area contributed by atoms with Crippen LogP contribution in [-0.4, -0.2) is 30.9 Å². The summed E-state index contributed by atoms with van der Waals surface area (Å²) < 4.78 is 10.5. The van der Waals surface area contributed by atoms with Gasteiger partial charge in [0.05, 0.1) is 19.2 Å². The van der Waals surface area contributed by atoms with Gasteiger partial charge >= 0.3 is 5.97 Å². The van der Waals surface area contributed by atoms with Crippen molar-refractivity contribution in [2.45, 2.75) is 11.9 Å². The van der Waals surface area contributed by atoms with Crippen LogP contribution in [0.2, 0.25) is 0 Å². The van der Waals surface area contributed by atoms with Crippen LogP contribution in [0.25, 0.3) is 10.9 Å². The number of ether oxygens (including phenoxy) is 2. The van der Waals surface area contributed by atoms with Crippen molar-refractivity contribution in [2.24, 2.45) is 0 Å². The number of para-hydroxylation sites is 1. The first-order valence-electron chi connectivity index (χ1n) is 5.90. The van der Waals surface area contributed by atoms with Gasteiger partial charge in [0, 0.05) is 5.39 Å². The molecule has 0 aliphatic heterocycles. The standard InChI is InChI=1S/C14H15NO3S/c1-4-18-14(16)11-12(17-2)9-7-5-6-8-10(9)15-13(11)19-3/h5-8H,4H2,1-3H3. The first-order chi connectivity index (χ1) is 9.22. The molecule has 0 aliphatic carbocycles. The molecule has 5 heteroatoms. The van der Waals surface area contributed by atoms with E-state index in [1.165, 1.54) is 11.8 Å². The van der Waals surface area contributed by atoms with E-state index < -0.39 is 5.97 Å². The Morgan fingerprint density at radius 1 is 1.37 bits per heavy atom. The molecule has 1 heterocycles. The molecule has 4 nitrogen and oxygen atoms in total. The Morgan fingerprint density at radius 3 is 2.74 bits per heavy atom. The number of hydrogen-bond acceptors (Lipinski definition) is 5. The Kier molecular flexibility index (Phi) is 4.27. The fourth-order valence-corrected chi connectivity index (χ4v) is 2.47. The van der Waals surface area contributed by atoms with Crippen molar-refractivity contribution in [3.8, 4) is 5.75 Å². The van der Waals surface area contributed by atoms with Gasteiger partial charge in [-0.1, -0.05) is 12.1 Å². The number of pyridine rings is 1. The van der Waals surface area contributed by atoms with E-state index in [9.17, 15) is 4.79 Å². The second kappa shape index (κ2) is 5.93. The van der Waals surface area contributed by atoms with Crippen molar-refractivity contribution >= 4 is 28.6 Å². The summed E-state index contributed by atoms with van der Waals surface area (Å²) in [5, 5.41) is 1.43. The van der Waals surface area contributed by atoms with Crippen LogP contribution in [0.1, 0.15) is 17.3 Å². The van der Waals surface area contributed by atoms with E-state index in [0.717, 1.165) is 10.9 Å². The lowest BCUT2D eigenvalue weighted by Gasteiger charge is -2.13. The lowest BCUT2D eigenvalue weighted by molar-refractivity contribution is 0.0518. The number of thioether (sulfide) groups is 1. The zero-order valence-corrected chi connectivity index (χ0v) is 11.9. The van der Waals surface area contributed by atoms with E-state index in [2.05, 4.69) is 4.98 Å². The van der Waals surface area contributed by atoms with Crippen LogP contribution < -0.4 is 4.74 Å². The van der Waals surface area contributed by atoms with Crippen LogP contribution in [0.4, 0.5) is 0 Å². The van der Waals surface area contributed by atoms with E-state index in [4.69, 9.17) is 9.47 Å². The van der Waals surface area contributed by atoms with Crippen molar-refractivity contribution in [1.29, 1.82) is 0 Å². The maximum Gasteiger partial charge on any atom is 0.344 e. The maximum atomic E-state index is 12.1. The number of hydrogen-bond donors (Lipinski definition) is 0. The number of fused-ring (bicyclic) bond motifs is 1. The predicted molar refractivity (Wildman–Crippen MR) is 76.0 cm³/mol. The topological polar surface area (TPSA) is 48.4 Å². The molecule has 0 radical (unpaired) electrons. The highest BCUT2D eigenvalue weighted by molar-refractivity contribution is 7.98. The number of esters is 1. The minimum absolute atomic E-state index is 0.322. The normalized spacial score (nSPS) is 10.5. The molecule has 0 amide bonds. The zero-order valence-electron chi connectivity index (χ0n) is 11.1. The highest BCUT2D eigenvalue weighted by Crippen LogP contribution is 2.34. The summed E-state index contributed by atoms with van der Waals surface area (Å²) in [5.41, 5.74) is 1.20. The van der Waals surface area contributed by atoms with Gasteiger partial charge in [-0.15, -0.1) is 11.8 Å². The lowest BCUT2D eigenvalue weighted by atomic mass is 10.1. The van der Waals surface area contributed by atoms with Gasteiger partial charge in [0.1, 0.15) is 16.3 Å². The molecular weight excluding hydrogens is 262 g/mol. The molecule has 0 fully saturated rings. The highest BCUT2D eigenvalue weighted by Gasteiger charge is 2.22. The largest absolute Gasteiger partial charge is 0.495 e. The van der Waals surface area contributed by atoms with Crippen LogP contribution in [0.3, 0.4) is 0 Å². The van der Waals surface area contributed by atoms with E-state index in [1.807, 2.05) is 30.5 Å². The average Bonchev–Trinajstić information content (AvgIpc) is 2.45. The highest BCUT2D eigenvalue weighted by atomic mass is 32.2. The van der Waals surface area contributed by atoms with Gasteiger partial charge in [-0.05, 0) is 25.3 Å². The summed E-state index contributed by atoms with van der Waals surface area (Å²) in [6.07, 6.45) is 1.87. The lowest BCUT2D eigenvalue weighted by Crippen LogP contribution is -2.10. The smallest absolute Gasteiger partial charge is 0.344 e. The number of rotatable bonds is 4. The molecule has 0 spiro atoms. The molecule has 2 aromatic rings. The third-order valence-corrected chi connectivity index (χ3v) is 3.37. The minimum Gasteiger partial charge on any atom is -0.495 e. The Hall–Kier alpha value is -1.75. The van der Waals surface area contributed by atoms with Gasteiger partial charge in [0.15, 0.2) is 0 Å². The zero-order chi connectivity index (χ0) is 13.8. The Labute approximate surface area is 116 Å². The molecule has 0 aliphatic rings. The number of methoxy groups -OCH3 is 1. The molecule has 0 atom stereocenters. The van der Waals surface area contributed by atoms with Crippen LogP contribution >= 0.6 is 11.8 Å². The summed E-state index contributed by atoms with van der Waals surface area (Å²) in [6.45, 7) is 2.10. The molecule has 19 heavy (non-hydrogen) atoms. The fraction of sp³-hybridized carbons (Fsp3) is 0.286. The van der Waals surface area contributed by atoms with Crippen LogP contribution in [-0.2, 0) is 4.74 Å². The number of aromatic nitrogens is 1. The SMILES string of the molecule is CCOC(=O)c1c(SC)nc2ccccc2c1OC. The number of carbonyl (C=O) groups excluding carboxylic acids is 1. The first kappa shape index (κ1) is 13.7. The first-order valence-corrected chi connectivity index (χ1v) is 7.13. The van der Waals surface area contributed by atoms with Crippen LogP contribution in [0, 0.1) is 0 Å². The molecule has 1 aromatic heterocycles. The summed E-state index contributed by atoms with van der Waals surface area (Å²) >= 11 is 1.40. The molecule has 0 N–H and O–H groups in total. The van der Waals surface area contributed by atoms with Gasteiger partial charge in [-0.3, -0.25) is 0 Å². The molecular formula is C14H15NO3S. The monoisotopic (exact) mass is 277 g/mol. The summed E-state index contributed by atoms with van der Waals surface area (Å²) in [4.78, 5) is 16.6. The molecule has 1 aromatic carbocycles. The second-order valence-corrected chi connectivity index (χ2v) is 4.56. The third-order valence-electron chi connectivity index (χ3n) is 2.69. The van der Waals surface area contributed by atoms with Crippen molar-refractivity contribution in [3.63, 3.8) is 0 Å². The molecule has 0 bridgehead atoms. The van der Waals surface area contributed by atoms with E-state index >= 15 is 0 Å². The number of carbonyl (C=O) groups is 1.